The molecule has 1 fully saturated rings. The minimum absolute atomic E-state index is 0.0484. The fourth-order valence-corrected chi connectivity index (χ4v) is 6.28. The molecule has 0 aromatic heterocycles. The average Bonchev–Trinajstić information content (AvgIpc) is 3.28. The van der Waals surface area contributed by atoms with Crippen LogP contribution in [0.1, 0.15) is 78.7 Å². The first kappa shape index (κ1) is 33.9. The van der Waals surface area contributed by atoms with Crippen molar-refractivity contribution in [2.75, 3.05) is 13.7 Å². The number of methoxy groups -OCH3 is 1. The number of nitrogens with zero attached hydrogens (tertiary/aromatic N) is 1. The largest absolute Gasteiger partial charge is 0.497 e. The van der Waals surface area contributed by atoms with Crippen LogP contribution < -0.4 is 4.74 Å². The Bertz CT molecular complexity index is 1690. The topological polar surface area (TPSA) is 76.1 Å². The first-order valence-electron chi connectivity index (χ1n) is 14.9. The first-order chi connectivity index (χ1) is 21.9. The lowest BCUT2D eigenvalue weighted by Crippen LogP contribution is -2.35. The number of carboxylic acid groups (broad SMARTS) is 1. The Labute approximate surface area is 267 Å². The number of alkyl halides is 6. The number of carboxylic acids is 1. The van der Waals surface area contributed by atoms with Gasteiger partial charge in [-0.3, -0.25) is 4.90 Å². The van der Waals surface area contributed by atoms with Crippen LogP contribution in [0, 0.1) is 5.41 Å². The zero-order valence-electron chi connectivity index (χ0n) is 26.1. The molecule has 1 aliphatic heterocycles. The van der Waals surface area contributed by atoms with Crippen LogP contribution in [0.2, 0.25) is 0 Å². The van der Waals surface area contributed by atoms with E-state index in [4.69, 9.17) is 9.47 Å². The van der Waals surface area contributed by atoms with E-state index in [2.05, 4.69) is 13.8 Å². The van der Waals surface area contributed by atoms with Gasteiger partial charge in [-0.25, -0.2) is 9.59 Å². The average molecular weight is 662 g/mol. The minimum atomic E-state index is -5.04. The van der Waals surface area contributed by atoms with Gasteiger partial charge in [0.25, 0.3) is 0 Å². The second-order valence-corrected chi connectivity index (χ2v) is 12.8. The predicted octanol–water partition coefficient (Wildman–Crippen LogP) is 9.64. The van der Waals surface area contributed by atoms with Crippen molar-refractivity contribution in [1.29, 1.82) is 0 Å². The monoisotopic (exact) mass is 661 g/mol. The first-order valence-corrected chi connectivity index (χ1v) is 14.9. The second-order valence-electron chi connectivity index (χ2n) is 12.8. The molecule has 0 saturated carbocycles. The molecule has 3 aromatic carbocycles. The summed E-state index contributed by atoms with van der Waals surface area (Å²) >= 11 is 0. The molecule has 5 rings (SSSR count). The van der Waals surface area contributed by atoms with E-state index < -0.39 is 47.7 Å². The summed E-state index contributed by atoms with van der Waals surface area (Å²) in [6.07, 6.45) is -10.2. The Hall–Kier alpha value is -4.48. The molecule has 3 aromatic rings. The molecule has 6 nitrogen and oxygen atoms in total. The van der Waals surface area contributed by atoms with Gasteiger partial charge in [0.2, 0.25) is 0 Å². The SMILES string of the molecule is COc1cc(C2=C(CN3C(=O)OC(c4cc(C(F)(F)F)cc(C(F)(F)F)c4)C3C)CC(C)(C)CC2)cc(-c2ccc(C(=O)O)cc2)c1. The van der Waals surface area contributed by atoms with E-state index in [0.29, 0.717) is 30.7 Å². The van der Waals surface area contributed by atoms with E-state index in [-0.39, 0.29) is 29.2 Å². The standard InChI is InChI=1S/C35H33F6NO5/c1-19-30(24-12-26(34(36,37)38)16-27(13-24)35(39,40)41)47-32(45)42(19)18-25-17-33(2,3)10-9-29(25)23-11-22(14-28(15-23)46-4)20-5-7-21(8-6-20)31(43)44/h5-8,11-16,19,30H,9-10,17-18H2,1-4H3,(H,43,44). The smallest absolute Gasteiger partial charge is 0.416 e. The molecule has 250 valence electrons. The molecule has 2 aliphatic rings. The fraction of sp³-hybridized carbons (Fsp3) is 0.371. The summed E-state index contributed by atoms with van der Waals surface area (Å²) in [5, 5.41) is 9.29. The van der Waals surface area contributed by atoms with Crippen LogP contribution in [0.15, 0.2) is 66.2 Å². The summed E-state index contributed by atoms with van der Waals surface area (Å²) in [6, 6.07) is 12.4. The molecule has 2 unspecified atom stereocenters. The number of aromatic carboxylic acids is 1. The molecule has 1 heterocycles. The van der Waals surface area contributed by atoms with Crippen LogP contribution in [0.25, 0.3) is 16.7 Å². The van der Waals surface area contributed by atoms with Crippen LogP contribution in [0.4, 0.5) is 31.1 Å². The molecule has 1 saturated heterocycles. The summed E-state index contributed by atoms with van der Waals surface area (Å²) in [7, 11) is 1.52. The van der Waals surface area contributed by atoms with Gasteiger partial charge < -0.3 is 14.6 Å². The number of benzene rings is 3. The number of cyclic esters (lactones) is 1. The molecule has 1 N–H and O–H groups in total. The lowest BCUT2D eigenvalue weighted by Gasteiger charge is -2.35. The van der Waals surface area contributed by atoms with E-state index in [1.54, 1.807) is 19.1 Å². The van der Waals surface area contributed by atoms with Gasteiger partial charge in [-0.15, -0.1) is 0 Å². The summed E-state index contributed by atoms with van der Waals surface area (Å²) < 4.78 is 92.5. The summed E-state index contributed by atoms with van der Waals surface area (Å²) in [5.74, 6) is -0.497. The number of rotatable bonds is 7. The highest BCUT2D eigenvalue weighted by Crippen LogP contribution is 2.46. The Kier molecular flexibility index (Phi) is 8.85. The lowest BCUT2D eigenvalue weighted by molar-refractivity contribution is -0.143. The molecule has 1 aliphatic carbocycles. The molecule has 0 bridgehead atoms. The maximum Gasteiger partial charge on any atom is 0.416 e. The number of hydrogen-bond donors (Lipinski definition) is 1. The maximum absolute atomic E-state index is 13.6. The van der Waals surface area contributed by atoms with Crippen molar-refractivity contribution in [3.8, 4) is 16.9 Å². The van der Waals surface area contributed by atoms with Crippen LogP contribution in [0.5, 0.6) is 5.75 Å². The van der Waals surface area contributed by atoms with Crippen molar-refractivity contribution >= 4 is 17.6 Å². The number of carbonyl (C=O) groups excluding carboxylic acids is 1. The fourth-order valence-electron chi connectivity index (χ4n) is 6.28. The number of ether oxygens (including phenoxy) is 2. The summed E-state index contributed by atoms with van der Waals surface area (Å²) in [4.78, 5) is 25.9. The van der Waals surface area contributed by atoms with Crippen LogP contribution in [-0.2, 0) is 17.1 Å². The van der Waals surface area contributed by atoms with Gasteiger partial charge in [0.05, 0.1) is 29.8 Å². The molecule has 0 spiro atoms. The summed E-state index contributed by atoms with van der Waals surface area (Å²) in [5.41, 5.74) is 0.808. The quantitative estimate of drug-likeness (QED) is 0.255. The molecule has 2 atom stereocenters. The molecular formula is C35H33F6NO5. The highest BCUT2D eigenvalue weighted by Gasteiger charge is 2.44. The van der Waals surface area contributed by atoms with Crippen LogP contribution >= 0.6 is 0 Å². The highest BCUT2D eigenvalue weighted by atomic mass is 19.4. The Morgan fingerprint density at radius 3 is 2.09 bits per heavy atom. The zero-order chi connectivity index (χ0) is 34.5. The van der Waals surface area contributed by atoms with E-state index in [1.165, 1.54) is 24.1 Å². The third-order valence-electron chi connectivity index (χ3n) is 8.82. The predicted molar refractivity (Wildman–Crippen MR) is 162 cm³/mol. The van der Waals surface area contributed by atoms with Crippen molar-refractivity contribution in [1.82, 2.24) is 4.90 Å². The molecule has 47 heavy (non-hydrogen) atoms. The molecule has 0 radical (unpaired) electrons. The number of amides is 1. The van der Waals surface area contributed by atoms with Gasteiger partial charge >= 0.3 is 24.4 Å². The number of carbonyl (C=O) groups is 2. The molecule has 12 heteroatoms. The molecule has 1 amide bonds. The number of hydrogen-bond acceptors (Lipinski definition) is 4. The van der Waals surface area contributed by atoms with Gasteiger partial charge in [-0.05, 0) is 114 Å². The third-order valence-corrected chi connectivity index (χ3v) is 8.82. The second kappa shape index (κ2) is 12.3. The maximum atomic E-state index is 13.6. The van der Waals surface area contributed by atoms with E-state index >= 15 is 0 Å². The van der Waals surface area contributed by atoms with Crippen molar-refractivity contribution < 1.29 is 50.5 Å². The van der Waals surface area contributed by atoms with E-state index in [1.807, 2.05) is 18.2 Å². The van der Waals surface area contributed by atoms with Crippen molar-refractivity contribution in [2.24, 2.45) is 5.41 Å². The van der Waals surface area contributed by atoms with E-state index in [0.717, 1.165) is 34.3 Å². The van der Waals surface area contributed by atoms with Gasteiger partial charge in [0.1, 0.15) is 11.9 Å². The van der Waals surface area contributed by atoms with Crippen molar-refractivity contribution in [2.45, 2.75) is 64.5 Å². The highest BCUT2D eigenvalue weighted by molar-refractivity contribution is 5.88. The zero-order valence-corrected chi connectivity index (χ0v) is 26.1. The normalized spacial score (nSPS) is 20.0. The number of halogens is 6. The molecular weight excluding hydrogens is 628 g/mol. The van der Waals surface area contributed by atoms with E-state index in [9.17, 15) is 41.0 Å². The van der Waals surface area contributed by atoms with Gasteiger partial charge in [-0.1, -0.05) is 26.0 Å². The van der Waals surface area contributed by atoms with Crippen molar-refractivity contribution in [3.05, 3.63) is 94.1 Å². The summed E-state index contributed by atoms with van der Waals surface area (Å²) in [6.45, 7) is 5.77. The lowest BCUT2D eigenvalue weighted by atomic mass is 9.72. The van der Waals surface area contributed by atoms with Crippen LogP contribution in [0.3, 0.4) is 0 Å². The van der Waals surface area contributed by atoms with Gasteiger partial charge in [0, 0.05) is 6.54 Å². The minimum Gasteiger partial charge on any atom is -0.497 e. The van der Waals surface area contributed by atoms with Gasteiger partial charge in [-0.2, -0.15) is 26.3 Å². The Balaban J connectivity index is 1.53. The van der Waals surface area contributed by atoms with Gasteiger partial charge in [0.15, 0.2) is 0 Å². The number of allylic oxidation sites excluding steroid dienone is 1. The Morgan fingerprint density at radius 1 is 0.936 bits per heavy atom. The van der Waals surface area contributed by atoms with Crippen molar-refractivity contribution in [3.63, 3.8) is 0 Å². The Morgan fingerprint density at radius 2 is 1.53 bits per heavy atom. The third kappa shape index (κ3) is 7.26. The van der Waals surface area contributed by atoms with Crippen LogP contribution in [-0.4, -0.2) is 41.8 Å².